The summed E-state index contributed by atoms with van der Waals surface area (Å²) in [6.45, 7) is 1.83. The van der Waals surface area contributed by atoms with E-state index >= 15 is 0 Å². The molecule has 0 spiro atoms. The molecule has 1 aromatic rings. The van der Waals surface area contributed by atoms with E-state index in [0.717, 1.165) is 0 Å². The number of morpholine rings is 1. The van der Waals surface area contributed by atoms with Crippen molar-refractivity contribution in [3.8, 4) is 0 Å². The number of ether oxygens (including phenoxy) is 1. The van der Waals surface area contributed by atoms with E-state index in [-0.39, 0.29) is 31.5 Å². The van der Waals surface area contributed by atoms with Crippen LogP contribution in [0.15, 0.2) is 24.3 Å². The number of nitrogens with zero attached hydrogens (tertiary/aromatic N) is 1. The molecule has 0 bridgehead atoms. The Labute approximate surface area is 144 Å². The highest BCUT2D eigenvalue weighted by atomic mass is 16.5. The van der Waals surface area contributed by atoms with E-state index in [2.05, 4.69) is 16.0 Å². The summed E-state index contributed by atoms with van der Waals surface area (Å²) in [5, 5.41) is 7.55. The largest absolute Gasteiger partial charge is 0.365 e. The predicted octanol–water partition coefficient (Wildman–Crippen LogP) is -0.443. The first-order valence-corrected chi connectivity index (χ1v) is 7.72. The first-order valence-electron chi connectivity index (χ1n) is 7.72. The van der Waals surface area contributed by atoms with Crippen molar-refractivity contribution in [3.05, 3.63) is 24.3 Å². The van der Waals surface area contributed by atoms with E-state index < -0.39 is 17.9 Å². The first-order chi connectivity index (χ1) is 11.9. The third-order valence-electron chi connectivity index (χ3n) is 3.55. The van der Waals surface area contributed by atoms with Crippen LogP contribution in [0.1, 0.15) is 6.92 Å². The number of hydrogen-bond donors (Lipinski definition) is 3. The van der Waals surface area contributed by atoms with Crippen LogP contribution in [0.5, 0.6) is 0 Å². The molecule has 1 saturated heterocycles. The minimum absolute atomic E-state index is 0.0212. The number of nitrogens with one attached hydrogen (secondary N) is 3. The van der Waals surface area contributed by atoms with Gasteiger partial charge < -0.3 is 25.6 Å². The Balaban J connectivity index is 1.94. The molecule has 0 radical (unpaired) electrons. The van der Waals surface area contributed by atoms with Gasteiger partial charge in [-0.2, -0.15) is 0 Å². The molecule has 1 unspecified atom stereocenters. The van der Waals surface area contributed by atoms with Gasteiger partial charge in [-0.05, 0) is 24.3 Å². The number of carbonyl (C=O) groups is 4. The maximum atomic E-state index is 12.2. The van der Waals surface area contributed by atoms with Gasteiger partial charge in [0.2, 0.25) is 5.91 Å². The van der Waals surface area contributed by atoms with Crippen molar-refractivity contribution < 1.29 is 23.9 Å². The van der Waals surface area contributed by atoms with Crippen LogP contribution in [0.4, 0.5) is 11.4 Å². The topological polar surface area (TPSA) is 117 Å². The molecular weight excluding hydrogens is 328 g/mol. The highest BCUT2D eigenvalue weighted by Gasteiger charge is 2.31. The zero-order chi connectivity index (χ0) is 18.4. The highest BCUT2D eigenvalue weighted by Crippen LogP contribution is 2.14. The van der Waals surface area contributed by atoms with Crippen LogP contribution < -0.4 is 16.0 Å². The quantitative estimate of drug-likeness (QED) is 0.640. The molecule has 9 nitrogen and oxygen atoms in total. The number of rotatable bonds is 3. The van der Waals surface area contributed by atoms with Gasteiger partial charge in [-0.25, -0.2) is 0 Å². The van der Waals surface area contributed by atoms with E-state index in [1.165, 1.54) is 18.9 Å². The minimum atomic E-state index is -0.801. The zero-order valence-corrected chi connectivity index (χ0v) is 14.0. The van der Waals surface area contributed by atoms with Crippen LogP contribution in [0.25, 0.3) is 0 Å². The summed E-state index contributed by atoms with van der Waals surface area (Å²) in [6.07, 6.45) is -0.785. The Morgan fingerprint density at radius 3 is 2.24 bits per heavy atom. The molecule has 3 N–H and O–H groups in total. The molecule has 0 aromatic heterocycles. The standard InChI is InChI=1S/C16H20N4O5/c1-10(21)18-11-3-5-12(6-4-11)19-15(23)16(24)20-7-8-25-13(9-20)14(22)17-2/h3-6,13H,7-9H2,1-2H3,(H,17,22)(H,18,21)(H,19,23). The Kier molecular flexibility index (Phi) is 6.07. The SMILES string of the molecule is CNC(=O)C1CN(C(=O)C(=O)Nc2ccc(NC(C)=O)cc2)CCO1. The van der Waals surface area contributed by atoms with Crippen LogP contribution in [0, 0.1) is 0 Å². The fourth-order valence-electron chi connectivity index (χ4n) is 2.32. The maximum Gasteiger partial charge on any atom is 0.313 e. The monoisotopic (exact) mass is 348 g/mol. The van der Waals surface area contributed by atoms with E-state index in [0.29, 0.717) is 11.4 Å². The van der Waals surface area contributed by atoms with Crippen molar-refractivity contribution in [1.29, 1.82) is 0 Å². The summed E-state index contributed by atoms with van der Waals surface area (Å²) < 4.78 is 5.28. The molecule has 1 fully saturated rings. The molecule has 25 heavy (non-hydrogen) atoms. The number of amides is 4. The van der Waals surface area contributed by atoms with Gasteiger partial charge in [0.25, 0.3) is 5.91 Å². The molecule has 2 rings (SSSR count). The van der Waals surface area contributed by atoms with E-state index in [1.54, 1.807) is 24.3 Å². The molecule has 0 aliphatic carbocycles. The molecule has 1 aliphatic rings. The van der Waals surface area contributed by atoms with Gasteiger partial charge in [-0.1, -0.05) is 0 Å². The molecule has 9 heteroatoms. The van der Waals surface area contributed by atoms with Crippen molar-refractivity contribution in [3.63, 3.8) is 0 Å². The average molecular weight is 348 g/mol. The van der Waals surface area contributed by atoms with Gasteiger partial charge in [0.1, 0.15) is 0 Å². The molecule has 4 amide bonds. The molecule has 1 atom stereocenters. The van der Waals surface area contributed by atoms with Gasteiger partial charge in [0.15, 0.2) is 6.10 Å². The Bertz CT molecular complexity index is 674. The first kappa shape index (κ1) is 18.4. The summed E-state index contributed by atoms with van der Waals surface area (Å²) in [5.74, 6) is -2.08. The fourth-order valence-corrected chi connectivity index (χ4v) is 2.32. The smallest absolute Gasteiger partial charge is 0.313 e. The van der Waals surface area contributed by atoms with E-state index in [9.17, 15) is 19.2 Å². The van der Waals surface area contributed by atoms with E-state index in [1.807, 2.05) is 0 Å². The van der Waals surface area contributed by atoms with Crippen molar-refractivity contribution >= 4 is 35.0 Å². The van der Waals surface area contributed by atoms with Crippen molar-refractivity contribution in [2.24, 2.45) is 0 Å². The third kappa shape index (κ3) is 5.01. The zero-order valence-electron chi connectivity index (χ0n) is 14.0. The lowest BCUT2D eigenvalue weighted by Gasteiger charge is -2.31. The summed E-state index contributed by atoms with van der Waals surface area (Å²) in [5.41, 5.74) is 1.00. The lowest BCUT2D eigenvalue weighted by molar-refractivity contribution is -0.152. The molecule has 1 aliphatic heterocycles. The summed E-state index contributed by atoms with van der Waals surface area (Å²) >= 11 is 0. The van der Waals surface area contributed by atoms with Crippen LogP contribution in [0.2, 0.25) is 0 Å². The van der Waals surface area contributed by atoms with Crippen molar-refractivity contribution in [1.82, 2.24) is 10.2 Å². The van der Waals surface area contributed by atoms with Gasteiger partial charge in [0, 0.05) is 31.9 Å². The van der Waals surface area contributed by atoms with Crippen LogP contribution in [-0.2, 0) is 23.9 Å². The number of hydrogen-bond acceptors (Lipinski definition) is 5. The minimum Gasteiger partial charge on any atom is -0.365 e. The Hall–Kier alpha value is -2.94. The Morgan fingerprint density at radius 1 is 1.08 bits per heavy atom. The second-order valence-electron chi connectivity index (χ2n) is 5.44. The summed E-state index contributed by atoms with van der Waals surface area (Å²) in [4.78, 5) is 48.2. The normalized spacial score (nSPS) is 16.7. The second-order valence-corrected chi connectivity index (χ2v) is 5.44. The summed E-state index contributed by atoms with van der Waals surface area (Å²) in [7, 11) is 1.48. The molecule has 134 valence electrons. The molecule has 1 heterocycles. The second kappa shape index (κ2) is 8.25. The third-order valence-corrected chi connectivity index (χ3v) is 3.55. The predicted molar refractivity (Wildman–Crippen MR) is 89.8 cm³/mol. The van der Waals surface area contributed by atoms with Gasteiger partial charge in [-0.15, -0.1) is 0 Å². The maximum absolute atomic E-state index is 12.2. The number of anilines is 2. The summed E-state index contributed by atoms with van der Waals surface area (Å²) in [6, 6.07) is 6.36. The lowest BCUT2D eigenvalue weighted by Crippen LogP contribution is -2.53. The van der Waals surface area contributed by atoms with Gasteiger partial charge >= 0.3 is 11.8 Å². The van der Waals surface area contributed by atoms with Gasteiger partial charge in [0.05, 0.1) is 13.2 Å². The number of benzene rings is 1. The molecular formula is C16H20N4O5. The number of carbonyl (C=O) groups excluding carboxylic acids is 4. The Morgan fingerprint density at radius 2 is 1.68 bits per heavy atom. The fraction of sp³-hybridized carbons (Fsp3) is 0.375. The van der Waals surface area contributed by atoms with Gasteiger partial charge in [-0.3, -0.25) is 19.2 Å². The molecule has 1 aromatic carbocycles. The molecule has 0 saturated carbocycles. The van der Waals surface area contributed by atoms with Crippen LogP contribution in [0.3, 0.4) is 0 Å². The van der Waals surface area contributed by atoms with Crippen molar-refractivity contribution in [2.45, 2.75) is 13.0 Å². The van der Waals surface area contributed by atoms with Crippen LogP contribution >= 0.6 is 0 Å². The number of likely N-dealkylation sites (N-methyl/N-ethyl adjacent to an activating group) is 1. The van der Waals surface area contributed by atoms with Crippen LogP contribution in [-0.4, -0.2) is 61.4 Å². The highest BCUT2D eigenvalue weighted by molar-refractivity contribution is 6.39. The average Bonchev–Trinajstić information content (AvgIpc) is 2.61. The lowest BCUT2D eigenvalue weighted by atomic mass is 10.2. The van der Waals surface area contributed by atoms with Crippen molar-refractivity contribution in [2.75, 3.05) is 37.4 Å². The van der Waals surface area contributed by atoms with E-state index in [4.69, 9.17) is 4.74 Å².